The topological polar surface area (TPSA) is 70.1 Å². The summed E-state index contributed by atoms with van der Waals surface area (Å²) in [5, 5.41) is 15.8. The van der Waals surface area contributed by atoms with Gasteiger partial charge in [0, 0.05) is 13.1 Å². The molecule has 1 aromatic heterocycles. The van der Waals surface area contributed by atoms with Crippen LogP contribution in [-0.2, 0) is 0 Å². The van der Waals surface area contributed by atoms with E-state index in [0.29, 0.717) is 12.4 Å². The molecule has 0 aromatic carbocycles. The summed E-state index contributed by atoms with van der Waals surface area (Å²) in [7, 11) is 0. The third-order valence-corrected chi connectivity index (χ3v) is 2.57. The van der Waals surface area contributed by atoms with Crippen molar-refractivity contribution in [1.29, 1.82) is 0 Å². The molecule has 1 rings (SSSR count). The highest BCUT2D eigenvalue weighted by molar-refractivity contribution is 9.10. The predicted octanol–water partition coefficient (Wildman–Crippen LogP) is 1.85. The van der Waals surface area contributed by atoms with E-state index in [-0.39, 0.29) is 0 Å². The zero-order valence-corrected chi connectivity index (χ0v) is 11.3. The zero-order chi connectivity index (χ0) is 12.2. The Hall–Kier alpha value is -0.880. The van der Waals surface area contributed by atoms with Crippen molar-refractivity contribution in [3.8, 4) is 0 Å². The first-order valence-corrected chi connectivity index (χ1v) is 5.94. The van der Waals surface area contributed by atoms with Crippen LogP contribution in [0, 0.1) is 0 Å². The molecule has 16 heavy (non-hydrogen) atoms. The average Bonchev–Trinajstić information content (AvgIpc) is 2.18. The second kappa shape index (κ2) is 5.45. The molecule has 0 atom stereocenters. The minimum atomic E-state index is -0.775. The molecule has 1 heterocycles. The average molecular weight is 289 g/mol. The van der Waals surface area contributed by atoms with Gasteiger partial charge in [0.1, 0.15) is 22.4 Å². The van der Waals surface area contributed by atoms with Crippen LogP contribution >= 0.6 is 15.9 Å². The summed E-state index contributed by atoms with van der Waals surface area (Å²) in [5.41, 5.74) is -0.775. The van der Waals surface area contributed by atoms with E-state index in [2.05, 4.69) is 36.5 Å². The SMILES string of the molecule is CCNc1ncnc(NCC(C)(C)O)c1Br. The van der Waals surface area contributed by atoms with Crippen molar-refractivity contribution >= 4 is 27.6 Å². The molecule has 0 saturated heterocycles. The van der Waals surface area contributed by atoms with Crippen molar-refractivity contribution in [1.82, 2.24) is 9.97 Å². The second-order valence-electron chi connectivity index (χ2n) is 4.08. The standard InChI is InChI=1S/C10H17BrN4O/c1-4-12-8-7(11)9(15-6-14-8)13-5-10(2,3)16/h6,16H,4-5H2,1-3H3,(H2,12,13,14,15). The summed E-state index contributed by atoms with van der Waals surface area (Å²) in [6.45, 7) is 6.69. The molecule has 0 unspecified atom stereocenters. The molecule has 0 aliphatic heterocycles. The molecule has 0 radical (unpaired) electrons. The van der Waals surface area contributed by atoms with E-state index in [1.165, 1.54) is 6.33 Å². The predicted molar refractivity (Wildman–Crippen MR) is 68.7 cm³/mol. The fourth-order valence-electron chi connectivity index (χ4n) is 1.08. The van der Waals surface area contributed by atoms with E-state index >= 15 is 0 Å². The smallest absolute Gasteiger partial charge is 0.146 e. The lowest BCUT2D eigenvalue weighted by Gasteiger charge is -2.19. The number of halogens is 1. The number of hydrogen-bond acceptors (Lipinski definition) is 5. The van der Waals surface area contributed by atoms with Gasteiger partial charge < -0.3 is 15.7 Å². The van der Waals surface area contributed by atoms with Crippen molar-refractivity contribution in [3.05, 3.63) is 10.8 Å². The van der Waals surface area contributed by atoms with E-state index in [1.807, 2.05) is 6.92 Å². The van der Waals surface area contributed by atoms with E-state index in [4.69, 9.17) is 0 Å². The largest absolute Gasteiger partial charge is 0.389 e. The number of hydrogen-bond donors (Lipinski definition) is 3. The molecule has 90 valence electrons. The Balaban J connectivity index is 2.77. The first kappa shape index (κ1) is 13.2. The Morgan fingerprint density at radius 3 is 2.38 bits per heavy atom. The monoisotopic (exact) mass is 288 g/mol. The van der Waals surface area contributed by atoms with Crippen LogP contribution in [-0.4, -0.2) is 33.8 Å². The van der Waals surface area contributed by atoms with Crippen LogP contribution in [0.15, 0.2) is 10.8 Å². The highest BCUT2D eigenvalue weighted by atomic mass is 79.9. The molecule has 1 aromatic rings. The van der Waals surface area contributed by atoms with Gasteiger partial charge in [0.2, 0.25) is 0 Å². The van der Waals surface area contributed by atoms with E-state index in [9.17, 15) is 5.11 Å². The van der Waals surface area contributed by atoms with Gasteiger partial charge in [0.25, 0.3) is 0 Å². The molecule has 5 nitrogen and oxygen atoms in total. The molecule has 0 spiro atoms. The number of anilines is 2. The van der Waals surface area contributed by atoms with Gasteiger partial charge in [-0.2, -0.15) is 0 Å². The summed E-state index contributed by atoms with van der Waals surface area (Å²) < 4.78 is 0.779. The van der Waals surface area contributed by atoms with Crippen molar-refractivity contribution in [3.63, 3.8) is 0 Å². The van der Waals surface area contributed by atoms with E-state index in [0.717, 1.165) is 16.8 Å². The lowest BCUT2D eigenvalue weighted by molar-refractivity contribution is 0.0944. The Labute approximate surface area is 104 Å². The first-order valence-electron chi connectivity index (χ1n) is 5.14. The van der Waals surface area contributed by atoms with Gasteiger partial charge in [-0.3, -0.25) is 0 Å². The van der Waals surface area contributed by atoms with Crippen LogP contribution < -0.4 is 10.6 Å². The number of nitrogens with zero attached hydrogens (tertiary/aromatic N) is 2. The van der Waals surface area contributed by atoms with Crippen LogP contribution in [0.3, 0.4) is 0 Å². The van der Waals surface area contributed by atoms with Gasteiger partial charge in [-0.15, -0.1) is 0 Å². The zero-order valence-electron chi connectivity index (χ0n) is 9.71. The fourth-order valence-corrected chi connectivity index (χ4v) is 1.57. The van der Waals surface area contributed by atoms with Crippen LogP contribution in [0.1, 0.15) is 20.8 Å². The molecule has 6 heteroatoms. The molecule has 0 fully saturated rings. The molecule has 0 aliphatic carbocycles. The second-order valence-corrected chi connectivity index (χ2v) is 4.87. The number of aromatic nitrogens is 2. The fraction of sp³-hybridized carbons (Fsp3) is 0.600. The maximum absolute atomic E-state index is 9.61. The number of rotatable bonds is 5. The molecule has 0 saturated carbocycles. The Morgan fingerprint density at radius 1 is 1.31 bits per heavy atom. The minimum Gasteiger partial charge on any atom is -0.389 e. The molecule has 3 N–H and O–H groups in total. The molecule has 0 amide bonds. The van der Waals surface area contributed by atoms with E-state index in [1.54, 1.807) is 13.8 Å². The van der Waals surface area contributed by atoms with Crippen LogP contribution in [0.2, 0.25) is 0 Å². The molecule has 0 aliphatic rings. The summed E-state index contributed by atoms with van der Waals surface area (Å²) in [5.74, 6) is 1.42. The van der Waals surface area contributed by atoms with Gasteiger partial charge >= 0.3 is 0 Å². The third kappa shape index (κ3) is 3.94. The Kier molecular flexibility index (Phi) is 4.49. The molecular weight excluding hydrogens is 272 g/mol. The quantitative estimate of drug-likeness (QED) is 0.772. The number of aliphatic hydroxyl groups is 1. The minimum absolute atomic E-state index is 0.425. The highest BCUT2D eigenvalue weighted by Crippen LogP contribution is 2.26. The highest BCUT2D eigenvalue weighted by Gasteiger charge is 2.14. The lowest BCUT2D eigenvalue weighted by atomic mass is 10.1. The van der Waals surface area contributed by atoms with Crippen LogP contribution in [0.4, 0.5) is 11.6 Å². The van der Waals surface area contributed by atoms with Crippen molar-refractivity contribution in [2.45, 2.75) is 26.4 Å². The van der Waals surface area contributed by atoms with Crippen molar-refractivity contribution in [2.24, 2.45) is 0 Å². The van der Waals surface area contributed by atoms with Gasteiger partial charge in [-0.1, -0.05) is 0 Å². The summed E-state index contributed by atoms with van der Waals surface area (Å²) in [6, 6.07) is 0. The maximum atomic E-state index is 9.61. The van der Waals surface area contributed by atoms with Crippen molar-refractivity contribution in [2.75, 3.05) is 23.7 Å². The van der Waals surface area contributed by atoms with E-state index < -0.39 is 5.60 Å². The Bertz CT molecular complexity index is 351. The van der Waals surface area contributed by atoms with Crippen LogP contribution in [0.5, 0.6) is 0 Å². The first-order chi connectivity index (χ1) is 7.44. The van der Waals surface area contributed by atoms with Crippen molar-refractivity contribution < 1.29 is 5.11 Å². The van der Waals surface area contributed by atoms with Crippen LogP contribution in [0.25, 0.3) is 0 Å². The Morgan fingerprint density at radius 2 is 1.88 bits per heavy atom. The lowest BCUT2D eigenvalue weighted by Crippen LogP contribution is -2.29. The summed E-state index contributed by atoms with van der Waals surface area (Å²) >= 11 is 3.42. The summed E-state index contributed by atoms with van der Waals surface area (Å²) in [4.78, 5) is 8.21. The molecular formula is C10H17BrN4O. The number of nitrogens with one attached hydrogen (secondary N) is 2. The van der Waals surface area contributed by atoms with Gasteiger partial charge in [-0.05, 0) is 36.7 Å². The summed E-state index contributed by atoms with van der Waals surface area (Å²) in [6.07, 6.45) is 1.48. The molecule has 0 bridgehead atoms. The maximum Gasteiger partial charge on any atom is 0.146 e. The van der Waals surface area contributed by atoms with Gasteiger partial charge in [-0.25, -0.2) is 9.97 Å². The normalized spacial score (nSPS) is 11.3. The van der Waals surface area contributed by atoms with Gasteiger partial charge in [0.15, 0.2) is 0 Å². The third-order valence-electron chi connectivity index (χ3n) is 1.82. The van der Waals surface area contributed by atoms with Gasteiger partial charge in [0.05, 0.1) is 5.60 Å².